The molecular weight excluding hydrogens is 799 g/mol. The molecule has 0 aliphatic carbocycles. The van der Waals surface area contributed by atoms with E-state index in [1.54, 1.807) is 23.5 Å². The Morgan fingerprint density at radius 2 is 1.72 bits per heavy atom. The normalized spacial score (nSPS) is 18.0. The van der Waals surface area contributed by atoms with E-state index in [0.717, 1.165) is 45.2 Å². The lowest BCUT2D eigenvalue weighted by Crippen LogP contribution is -2.52. The van der Waals surface area contributed by atoms with Gasteiger partial charge in [-0.3, -0.25) is 24.5 Å². The molecular formula is C39H41F5N10O6. The van der Waals surface area contributed by atoms with Crippen molar-refractivity contribution in [3.8, 4) is 0 Å². The van der Waals surface area contributed by atoms with Gasteiger partial charge in [-0.1, -0.05) is 6.07 Å². The second kappa shape index (κ2) is 17.6. The molecule has 4 aromatic rings. The van der Waals surface area contributed by atoms with Crippen molar-refractivity contribution in [2.45, 2.75) is 57.4 Å². The Labute approximate surface area is 339 Å². The number of carbonyl (C=O) groups excluding carboxylic acids is 5. The van der Waals surface area contributed by atoms with Crippen molar-refractivity contribution in [3.05, 3.63) is 76.8 Å². The fourth-order valence-corrected chi connectivity index (χ4v) is 7.53. The predicted octanol–water partition coefficient (Wildman–Crippen LogP) is 4.44. The van der Waals surface area contributed by atoms with Gasteiger partial charge in [-0.25, -0.2) is 23.5 Å². The monoisotopic (exact) mass is 840 g/mol. The lowest BCUT2D eigenvalue weighted by atomic mass is 10.0. The van der Waals surface area contributed by atoms with Crippen LogP contribution < -0.4 is 26.6 Å². The zero-order valence-corrected chi connectivity index (χ0v) is 32.3. The Bertz CT molecular complexity index is 2300. The Kier molecular flexibility index (Phi) is 12.3. The van der Waals surface area contributed by atoms with Crippen LogP contribution in [-0.2, 0) is 20.9 Å². The van der Waals surface area contributed by atoms with Crippen LogP contribution in [0.1, 0.15) is 59.0 Å². The summed E-state index contributed by atoms with van der Waals surface area (Å²) in [4.78, 5) is 76.8. The molecule has 2 aromatic carbocycles. The van der Waals surface area contributed by atoms with E-state index in [9.17, 15) is 45.9 Å². The highest BCUT2D eigenvalue weighted by Gasteiger charge is 2.46. The number of fused-ring (bicyclic) bond motifs is 2. The van der Waals surface area contributed by atoms with Gasteiger partial charge in [0.15, 0.2) is 17.4 Å². The number of aromatic nitrogens is 2. The molecule has 2 atom stereocenters. The van der Waals surface area contributed by atoms with Crippen LogP contribution in [-0.4, -0.2) is 112 Å². The van der Waals surface area contributed by atoms with Gasteiger partial charge in [0.2, 0.25) is 23.7 Å². The highest BCUT2D eigenvalue weighted by molar-refractivity contribution is 6.06. The zero-order chi connectivity index (χ0) is 42.7. The number of imide groups is 1. The third-order valence-corrected chi connectivity index (χ3v) is 10.7. The molecule has 21 heteroatoms. The van der Waals surface area contributed by atoms with E-state index in [2.05, 4.69) is 41.0 Å². The minimum Gasteiger partial charge on any atom is -0.455 e. The zero-order valence-electron chi connectivity index (χ0n) is 32.3. The van der Waals surface area contributed by atoms with Gasteiger partial charge in [0, 0.05) is 92.5 Å². The molecule has 2 fully saturated rings. The first-order valence-electron chi connectivity index (χ1n) is 19.2. The number of aryl methyl sites for hydroxylation is 1. The number of nitrogens with zero attached hydrogens (tertiary/aromatic N) is 5. The van der Waals surface area contributed by atoms with Crippen molar-refractivity contribution in [1.29, 1.82) is 0 Å². The van der Waals surface area contributed by atoms with Gasteiger partial charge < -0.3 is 40.4 Å². The molecule has 0 saturated carbocycles. The first-order valence-corrected chi connectivity index (χ1v) is 19.2. The third-order valence-electron chi connectivity index (χ3n) is 10.7. The third kappa shape index (κ3) is 9.46. The van der Waals surface area contributed by atoms with E-state index in [-0.39, 0.29) is 66.1 Å². The predicted molar refractivity (Wildman–Crippen MR) is 206 cm³/mol. The summed E-state index contributed by atoms with van der Waals surface area (Å²) in [6, 6.07) is 1.76. The van der Waals surface area contributed by atoms with Crippen molar-refractivity contribution in [3.63, 3.8) is 0 Å². The standard InChI is InChI=1S/C39H41F5N10O6/c1-21-25-16-22(40)17-27(41)33(25)60-32(21)34(39(42,43)44)51-38(59)48-23-18-46-37(47-19-23)45-9-3-10-52-12-14-53(15-13-52)11-8-31(56)49-28-5-2-4-24-26(28)20-54(36(24)58)29-6-7-30(55)50-35(29)57/h2,4-5,16-19,29,34H,3,6-15,20H2,1H3,(H,49,56)(H,45,46,47)(H2,48,51,59)(H,50,55,57)/t29?,34-/m1/s1. The molecule has 1 unspecified atom stereocenters. The van der Waals surface area contributed by atoms with E-state index in [0.29, 0.717) is 36.0 Å². The number of halogens is 5. The van der Waals surface area contributed by atoms with Crippen LogP contribution in [0.2, 0.25) is 0 Å². The number of urea groups is 1. The maximum Gasteiger partial charge on any atom is 0.416 e. The molecule has 318 valence electrons. The Balaban J connectivity index is 0.799. The summed E-state index contributed by atoms with van der Waals surface area (Å²) in [6.45, 7) is 6.34. The summed E-state index contributed by atoms with van der Waals surface area (Å²) in [5.41, 5.74) is 0.851. The number of alkyl halides is 3. The summed E-state index contributed by atoms with van der Waals surface area (Å²) >= 11 is 0. The molecule has 60 heavy (non-hydrogen) atoms. The quantitative estimate of drug-likeness (QED) is 0.0726. The molecule has 5 N–H and O–H groups in total. The van der Waals surface area contributed by atoms with Gasteiger partial charge >= 0.3 is 12.2 Å². The molecule has 3 aliphatic heterocycles. The van der Waals surface area contributed by atoms with Crippen molar-refractivity contribution in [2.24, 2.45) is 0 Å². The Morgan fingerprint density at radius 3 is 2.42 bits per heavy atom. The van der Waals surface area contributed by atoms with Crippen LogP contribution in [0.15, 0.2) is 47.1 Å². The second-order valence-corrected chi connectivity index (χ2v) is 14.7. The van der Waals surface area contributed by atoms with E-state index in [4.69, 9.17) is 4.42 Å². The van der Waals surface area contributed by atoms with Gasteiger partial charge in [-0.15, -0.1) is 0 Å². The van der Waals surface area contributed by atoms with E-state index in [1.165, 1.54) is 24.2 Å². The van der Waals surface area contributed by atoms with Crippen molar-refractivity contribution < 1.29 is 50.3 Å². The van der Waals surface area contributed by atoms with Crippen molar-refractivity contribution >= 4 is 58.0 Å². The van der Waals surface area contributed by atoms with E-state index in [1.807, 2.05) is 0 Å². The number of amides is 6. The number of benzene rings is 2. The van der Waals surface area contributed by atoms with Gasteiger partial charge in [0.25, 0.3) is 5.91 Å². The Hall–Kier alpha value is -6.22. The average molecular weight is 841 g/mol. The highest BCUT2D eigenvalue weighted by Crippen LogP contribution is 2.39. The minimum atomic E-state index is -5.04. The SMILES string of the molecule is Cc1c([C@@H](NC(=O)Nc2cnc(NCCCN3CCN(CCC(=O)Nc4cccc5c4CN(C4CCC(=O)NC4=O)C5=O)CC3)nc2)C(F)(F)F)oc2c(F)cc(F)cc12. The summed E-state index contributed by atoms with van der Waals surface area (Å²) < 4.78 is 75.0. The highest BCUT2D eigenvalue weighted by atomic mass is 19.4. The Morgan fingerprint density at radius 1 is 1.00 bits per heavy atom. The van der Waals surface area contributed by atoms with Crippen LogP contribution in [0, 0.1) is 18.6 Å². The van der Waals surface area contributed by atoms with E-state index < -0.39 is 53.2 Å². The first-order chi connectivity index (χ1) is 28.6. The molecule has 2 aromatic heterocycles. The number of furan rings is 1. The molecule has 0 spiro atoms. The van der Waals surface area contributed by atoms with E-state index >= 15 is 0 Å². The first kappa shape index (κ1) is 41.9. The van der Waals surface area contributed by atoms with Crippen LogP contribution in [0.5, 0.6) is 0 Å². The number of hydrogen-bond acceptors (Lipinski definition) is 11. The minimum absolute atomic E-state index is 0.00204. The molecule has 0 bridgehead atoms. The van der Waals surface area contributed by atoms with Crippen LogP contribution in [0.3, 0.4) is 0 Å². The summed E-state index contributed by atoms with van der Waals surface area (Å²) in [7, 11) is 0. The number of anilines is 3. The maximum absolute atomic E-state index is 14.2. The second-order valence-electron chi connectivity index (χ2n) is 14.7. The molecule has 0 radical (unpaired) electrons. The molecule has 2 saturated heterocycles. The molecule has 7 rings (SSSR count). The maximum atomic E-state index is 14.2. The fraction of sp³-hybridized carbons (Fsp3) is 0.410. The topological polar surface area (TPSA) is 194 Å². The van der Waals surface area contributed by atoms with Crippen LogP contribution in [0.25, 0.3) is 11.0 Å². The van der Waals surface area contributed by atoms with Crippen molar-refractivity contribution in [1.82, 2.24) is 35.3 Å². The van der Waals surface area contributed by atoms with Crippen LogP contribution in [0.4, 0.5) is 44.1 Å². The summed E-state index contributed by atoms with van der Waals surface area (Å²) in [5.74, 6) is -4.08. The summed E-state index contributed by atoms with van der Waals surface area (Å²) in [5, 5.41) is 12.1. The average Bonchev–Trinajstić information content (AvgIpc) is 3.71. The number of piperazine rings is 1. The largest absolute Gasteiger partial charge is 0.455 e. The lowest BCUT2D eigenvalue weighted by molar-refractivity contribution is -0.158. The smallest absolute Gasteiger partial charge is 0.416 e. The number of piperidine rings is 1. The van der Waals surface area contributed by atoms with Crippen LogP contribution >= 0.6 is 0 Å². The van der Waals surface area contributed by atoms with Gasteiger partial charge in [-0.05, 0) is 44.5 Å². The van der Waals surface area contributed by atoms with Gasteiger partial charge in [0.1, 0.15) is 17.6 Å². The number of carbonyl (C=O) groups is 5. The molecule has 5 heterocycles. The van der Waals surface area contributed by atoms with Crippen molar-refractivity contribution in [2.75, 3.05) is 61.8 Å². The van der Waals surface area contributed by atoms with Gasteiger partial charge in [-0.2, -0.15) is 13.2 Å². The summed E-state index contributed by atoms with van der Waals surface area (Å²) in [6.07, 6.45) is -1.21. The number of rotatable bonds is 13. The molecule has 6 amide bonds. The molecule has 16 nitrogen and oxygen atoms in total. The fourth-order valence-electron chi connectivity index (χ4n) is 7.53. The lowest BCUT2D eigenvalue weighted by Gasteiger charge is -2.34. The van der Waals surface area contributed by atoms with Gasteiger partial charge in [0.05, 0.1) is 18.1 Å². The molecule has 3 aliphatic rings. The number of nitrogens with one attached hydrogen (secondary N) is 5. The number of hydrogen-bond donors (Lipinski definition) is 5.